The molecule has 1 atom stereocenters. The first-order valence-corrected chi connectivity index (χ1v) is 7.63. The molecule has 0 N–H and O–H groups in total. The van der Waals surface area contributed by atoms with E-state index in [9.17, 15) is 0 Å². The molecule has 6 nitrogen and oxygen atoms in total. The van der Waals surface area contributed by atoms with Crippen LogP contribution in [0.15, 0.2) is 30.7 Å². The summed E-state index contributed by atoms with van der Waals surface area (Å²) in [5.41, 5.74) is 2.33. The molecule has 0 radical (unpaired) electrons. The van der Waals surface area contributed by atoms with Crippen LogP contribution in [0.3, 0.4) is 0 Å². The summed E-state index contributed by atoms with van der Waals surface area (Å²) in [6, 6.07) is 3.81. The van der Waals surface area contributed by atoms with Gasteiger partial charge in [0.25, 0.3) is 0 Å². The molecule has 4 heterocycles. The lowest BCUT2D eigenvalue weighted by molar-refractivity contribution is -0.0370. The number of ether oxygens (including phenoxy) is 1. The SMILES string of the molecule is Clc1nc(-c2cccnc2)c2cnn(C3CCCCO3)c2n1. The second kappa shape index (κ2) is 5.62. The summed E-state index contributed by atoms with van der Waals surface area (Å²) >= 11 is 6.12. The van der Waals surface area contributed by atoms with Crippen molar-refractivity contribution in [2.75, 3.05) is 6.61 Å². The average molecular weight is 316 g/mol. The van der Waals surface area contributed by atoms with Crippen molar-refractivity contribution >= 4 is 22.6 Å². The standard InChI is InChI=1S/C15H14ClN5O/c16-15-19-13(10-4-3-6-17-8-10)11-9-18-21(14(11)20-15)12-5-1-2-7-22-12/h3-4,6,8-9,12H,1-2,5,7H2. The van der Waals surface area contributed by atoms with E-state index in [-0.39, 0.29) is 11.5 Å². The van der Waals surface area contributed by atoms with Gasteiger partial charge in [0.05, 0.1) is 17.3 Å². The number of nitrogens with zero attached hydrogens (tertiary/aromatic N) is 5. The third-order valence-corrected chi connectivity index (χ3v) is 3.96. The highest BCUT2D eigenvalue weighted by Crippen LogP contribution is 2.30. The van der Waals surface area contributed by atoms with Gasteiger partial charge >= 0.3 is 0 Å². The molecule has 0 amide bonds. The van der Waals surface area contributed by atoms with Crippen LogP contribution < -0.4 is 0 Å². The van der Waals surface area contributed by atoms with Crippen LogP contribution in [-0.4, -0.2) is 31.3 Å². The number of halogens is 1. The van der Waals surface area contributed by atoms with Gasteiger partial charge in [-0.25, -0.2) is 9.67 Å². The quantitative estimate of drug-likeness (QED) is 0.679. The largest absolute Gasteiger partial charge is 0.356 e. The van der Waals surface area contributed by atoms with Gasteiger partial charge in [-0.15, -0.1) is 0 Å². The summed E-state index contributed by atoms with van der Waals surface area (Å²) in [6.45, 7) is 0.750. The number of hydrogen-bond acceptors (Lipinski definition) is 5. The Hall–Kier alpha value is -2.05. The Labute approximate surface area is 132 Å². The predicted molar refractivity (Wildman–Crippen MR) is 82.4 cm³/mol. The van der Waals surface area contributed by atoms with Gasteiger partial charge in [-0.3, -0.25) is 4.98 Å². The van der Waals surface area contributed by atoms with Crippen LogP contribution in [0.5, 0.6) is 0 Å². The highest BCUT2D eigenvalue weighted by Gasteiger charge is 2.21. The van der Waals surface area contributed by atoms with E-state index in [0.29, 0.717) is 5.65 Å². The van der Waals surface area contributed by atoms with Crippen LogP contribution in [0, 0.1) is 0 Å². The van der Waals surface area contributed by atoms with Crippen molar-refractivity contribution in [2.45, 2.75) is 25.5 Å². The predicted octanol–water partition coefficient (Wildman–Crippen LogP) is 3.24. The lowest BCUT2D eigenvalue weighted by Crippen LogP contribution is -2.19. The molecule has 1 aliphatic heterocycles. The molecule has 22 heavy (non-hydrogen) atoms. The van der Waals surface area contributed by atoms with Gasteiger partial charge in [-0.2, -0.15) is 10.1 Å². The lowest BCUT2D eigenvalue weighted by Gasteiger charge is -2.23. The summed E-state index contributed by atoms with van der Waals surface area (Å²) < 4.78 is 7.61. The van der Waals surface area contributed by atoms with Crippen molar-refractivity contribution in [3.8, 4) is 11.3 Å². The zero-order chi connectivity index (χ0) is 14.9. The van der Waals surface area contributed by atoms with Crippen molar-refractivity contribution in [1.82, 2.24) is 24.7 Å². The van der Waals surface area contributed by atoms with Crippen molar-refractivity contribution < 1.29 is 4.74 Å². The number of pyridine rings is 1. The monoisotopic (exact) mass is 315 g/mol. The minimum Gasteiger partial charge on any atom is -0.356 e. The Bertz CT molecular complexity index is 798. The summed E-state index contributed by atoms with van der Waals surface area (Å²) in [5.74, 6) is 0. The van der Waals surface area contributed by atoms with Gasteiger partial charge in [0.15, 0.2) is 11.9 Å². The van der Waals surface area contributed by atoms with Crippen molar-refractivity contribution in [3.63, 3.8) is 0 Å². The van der Waals surface area contributed by atoms with Gasteiger partial charge in [0.1, 0.15) is 0 Å². The van der Waals surface area contributed by atoms with Crippen molar-refractivity contribution in [1.29, 1.82) is 0 Å². The van der Waals surface area contributed by atoms with E-state index in [2.05, 4.69) is 20.1 Å². The number of hydrogen-bond donors (Lipinski definition) is 0. The molecule has 0 aliphatic carbocycles. The molecule has 1 fully saturated rings. The lowest BCUT2D eigenvalue weighted by atomic mass is 10.1. The zero-order valence-electron chi connectivity index (χ0n) is 11.8. The maximum absolute atomic E-state index is 6.12. The normalized spacial score (nSPS) is 18.7. The Morgan fingerprint density at radius 1 is 1.23 bits per heavy atom. The van der Waals surface area contributed by atoms with Crippen LogP contribution in [0.4, 0.5) is 0 Å². The van der Waals surface area contributed by atoms with Crippen LogP contribution >= 0.6 is 11.6 Å². The molecule has 1 saturated heterocycles. The molecule has 0 spiro atoms. The number of aromatic nitrogens is 5. The van der Waals surface area contributed by atoms with Crippen molar-refractivity contribution in [3.05, 3.63) is 36.0 Å². The minimum atomic E-state index is -0.0843. The van der Waals surface area contributed by atoms with Crippen molar-refractivity contribution in [2.24, 2.45) is 0 Å². The van der Waals surface area contributed by atoms with Gasteiger partial charge in [-0.1, -0.05) is 0 Å². The van der Waals surface area contributed by atoms with Gasteiger partial charge in [0, 0.05) is 24.6 Å². The molecule has 0 aromatic carbocycles. The third-order valence-electron chi connectivity index (χ3n) is 3.79. The van der Waals surface area contributed by atoms with E-state index in [1.54, 1.807) is 18.6 Å². The molecule has 0 bridgehead atoms. The van der Waals surface area contributed by atoms with E-state index >= 15 is 0 Å². The van der Waals surface area contributed by atoms with Crippen LogP contribution in [-0.2, 0) is 4.74 Å². The first kappa shape index (κ1) is 13.6. The Morgan fingerprint density at radius 3 is 2.95 bits per heavy atom. The maximum Gasteiger partial charge on any atom is 0.225 e. The number of rotatable bonds is 2. The van der Waals surface area contributed by atoms with Crippen LogP contribution in [0.25, 0.3) is 22.3 Å². The van der Waals surface area contributed by atoms with Gasteiger partial charge < -0.3 is 4.74 Å². The Balaban J connectivity index is 1.87. The first-order valence-electron chi connectivity index (χ1n) is 7.26. The maximum atomic E-state index is 6.12. The molecular weight excluding hydrogens is 302 g/mol. The summed E-state index contributed by atoms with van der Waals surface area (Å²) in [7, 11) is 0. The third kappa shape index (κ3) is 2.34. The Kier molecular flexibility index (Phi) is 3.48. The molecule has 112 valence electrons. The summed E-state index contributed by atoms with van der Waals surface area (Å²) in [4.78, 5) is 12.8. The molecular formula is C15H14ClN5O. The Morgan fingerprint density at radius 2 is 2.18 bits per heavy atom. The molecule has 1 aliphatic rings. The fourth-order valence-corrected chi connectivity index (χ4v) is 2.91. The fraction of sp³-hybridized carbons (Fsp3) is 0.333. The second-order valence-electron chi connectivity index (χ2n) is 5.23. The van der Waals surface area contributed by atoms with E-state index in [0.717, 1.165) is 42.5 Å². The van der Waals surface area contributed by atoms with Crippen LogP contribution in [0.2, 0.25) is 5.28 Å². The molecule has 3 aromatic rings. The van der Waals surface area contributed by atoms with E-state index in [1.165, 1.54) is 0 Å². The average Bonchev–Trinajstić information content (AvgIpc) is 2.99. The summed E-state index contributed by atoms with van der Waals surface area (Å²) in [5, 5.41) is 5.51. The molecule has 0 saturated carbocycles. The van der Waals surface area contributed by atoms with E-state index < -0.39 is 0 Å². The van der Waals surface area contributed by atoms with E-state index in [1.807, 2.05) is 16.8 Å². The first-order chi connectivity index (χ1) is 10.8. The highest BCUT2D eigenvalue weighted by molar-refractivity contribution is 6.28. The van der Waals surface area contributed by atoms with E-state index in [4.69, 9.17) is 16.3 Å². The van der Waals surface area contributed by atoms with Gasteiger partial charge in [0.2, 0.25) is 5.28 Å². The number of fused-ring (bicyclic) bond motifs is 1. The topological polar surface area (TPSA) is 65.7 Å². The molecule has 3 aromatic heterocycles. The minimum absolute atomic E-state index is 0.0843. The van der Waals surface area contributed by atoms with Crippen LogP contribution in [0.1, 0.15) is 25.5 Å². The second-order valence-corrected chi connectivity index (χ2v) is 5.57. The fourth-order valence-electron chi connectivity index (χ4n) is 2.75. The molecule has 4 rings (SSSR count). The smallest absolute Gasteiger partial charge is 0.225 e. The molecule has 7 heteroatoms. The zero-order valence-corrected chi connectivity index (χ0v) is 12.6. The molecule has 1 unspecified atom stereocenters. The summed E-state index contributed by atoms with van der Waals surface area (Å²) in [6.07, 6.45) is 8.31. The van der Waals surface area contributed by atoms with Gasteiger partial charge in [-0.05, 0) is 43.0 Å². The highest BCUT2D eigenvalue weighted by atomic mass is 35.5.